The summed E-state index contributed by atoms with van der Waals surface area (Å²) in [4.78, 5) is 22.9. The summed E-state index contributed by atoms with van der Waals surface area (Å²) in [5, 5.41) is 2.69. The van der Waals surface area contributed by atoms with Gasteiger partial charge in [-0.2, -0.15) is 0 Å². The van der Waals surface area contributed by atoms with Crippen molar-refractivity contribution in [1.29, 1.82) is 0 Å². The quantitative estimate of drug-likeness (QED) is 0.791. The molecule has 1 rings (SSSR count). The number of hydrogen-bond acceptors (Lipinski definition) is 4. The number of ether oxygens (including phenoxy) is 1. The second kappa shape index (κ2) is 6.16. The van der Waals surface area contributed by atoms with Crippen LogP contribution in [-0.4, -0.2) is 25.0 Å². The van der Waals surface area contributed by atoms with Crippen LogP contribution >= 0.6 is 0 Å². The van der Waals surface area contributed by atoms with Crippen molar-refractivity contribution in [3.63, 3.8) is 0 Å². The van der Waals surface area contributed by atoms with Gasteiger partial charge >= 0.3 is 5.97 Å². The van der Waals surface area contributed by atoms with Gasteiger partial charge in [0.25, 0.3) is 0 Å². The van der Waals surface area contributed by atoms with Gasteiger partial charge < -0.3 is 15.8 Å². The summed E-state index contributed by atoms with van der Waals surface area (Å²) in [5.41, 5.74) is 6.76. The summed E-state index contributed by atoms with van der Waals surface area (Å²) in [6.45, 7) is 3.76. The zero-order valence-electron chi connectivity index (χ0n) is 10.8. The van der Waals surface area contributed by atoms with Gasteiger partial charge in [0.2, 0.25) is 5.91 Å². The predicted molar refractivity (Wildman–Crippen MR) is 69.2 cm³/mol. The lowest BCUT2D eigenvalue weighted by atomic mass is 10.0. The Hall–Kier alpha value is -1.88. The second-order valence-electron chi connectivity index (χ2n) is 4.33. The minimum Gasteiger partial charge on any atom is -0.465 e. The Morgan fingerprint density at radius 1 is 1.22 bits per heavy atom. The van der Waals surface area contributed by atoms with E-state index in [1.165, 1.54) is 7.11 Å². The van der Waals surface area contributed by atoms with E-state index in [0.29, 0.717) is 11.3 Å². The average Bonchev–Trinajstić information content (AvgIpc) is 2.37. The molecule has 0 aliphatic carbocycles. The summed E-state index contributed by atoms with van der Waals surface area (Å²) in [7, 11) is 1.32. The summed E-state index contributed by atoms with van der Waals surface area (Å²) in [6, 6.07) is 5.89. The molecule has 1 amide bonds. The Kier molecular flexibility index (Phi) is 4.85. The number of benzene rings is 1. The predicted octanol–water partition coefficient (Wildman–Crippen LogP) is 1.39. The molecule has 3 N–H and O–H groups in total. The van der Waals surface area contributed by atoms with E-state index in [4.69, 9.17) is 5.73 Å². The molecule has 0 bridgehead atoms. The molecule has 0 saturated carbocycles. The number of methoxy groups -OCH3 is 1. The molecule has 1 aromatic carbocycles. The van der Waals surface area contributed by atoms with E-state index in [-0.39, 0.29) is 11.8 Å². The molecule has 0 saturated heterocycles. The Labute approximate surface area is 106 Å². The molecule has 18 heavy (non-hydrogen) atoms. The number of esters is 1. The first-order chi connectivity index (χ1) is 8.45. The summed E-state index contributed by atoms with van der Waals surface area (Å²) in [6.07, 6.45) is 0. The van der Waals surface area contributed by atoms with E-state index in [2.05, 4.69) is 10.1 Å². The van der Waals surface area contributed by atoms with E-state index in [1.54, 1.807) is 24.3 Å². The van der Waals surface area contributed by atoms with Crippen LogP contribution in [-0.2, 0) is 9.53 Å². The van der Waals surface area contributed by atoms with Crippen LogP contribution in [0.2, 0.25) is 0 Å². The molecule has 0 fully saturated rings. The van der Waals surface area contributed by atoms with Crippen LogP contribution in [0.25, 0.3) is 0 Å². The zero-order chi connectivity index (χ0) is 13.7. The molecular weight excluding hydrogens is 232 g/mol. The van der Waals surface area contributed by atoms with Crippen molar-refractivity contribution in [2.45, 2.75) is 19.9 Å². The highest BCUT2D eigenvalue weighted by Gasteiger charge is 2.17. The lowest BCUT2D eigenvalue weighted by Gasteiger charge is -2.15. The van der Waals surface area contributed by atoms with Crippen molar-refractivity contribution >= 4 is 17.6 Å². The second-order valence-corrected chi connectivity index (χ2v) is 4.33. The minimum absolute atomic E-state index is 0.0688. The summed E-state index contributed by atoms with van der Waals surface area (Å²) >= 11 is 0. The number of hydrogen-bond donors (Lipinski definition) is 2. The highest BCUT2D eigenvalue weighted by Crippen LogP contribution is 2.11. The van der Waals surface area contributed by atoms with E-state index in [9.17, 15) is 9.59 Å². The third-order valence-electron chi connectivity index (χ3n) is 2.59. The van der Waals surface area contributed by atoms with Crippen LogP contribution in [0.5, 0.6) is 0 Å². The molecule has 5 heteroatoms. The van der Waals surface area contributed by atoms with Gasteiger partial charge in [0.05, 0.1) is 18.7 Å². The Bertz CT molecular complexity index is 426. The number of rotatable bonds is 4. The number of anilines is 1. The highest BCUT2D eigenvalue weighted by atomic mass is 16.5. The van der Waals surface area contributed by atoms with Crippen molar-refractivity contribution in [1.82, 2.24) is 0 Å². The van der Waals surface area contributed by atoms with Crippen LogP contribution in [0.15, 0.2) is 24.3 Å². The summed E-state index contributed by atoms with van der Waals surface area (Å²) in [5.74, 6) is -0.582. The minimum atomic E-state index is -0.551. The largest absolute Gasteiger partial charge is 0.465 e. The topological polar surface area (TPSA) is 81.4 Å². The van der Waals surface area contributed by atoms with Crippen LogP contribution < -0.4 is 11.1 Å². The monoisotopic (exact) mass is 250 g/mol. The Balaban J connectivity index is 2.69. The first-order valence-corrected chi connectivity index (χ1v) is 5.70. The maximum absolute atomic E-state index is 11.7. The fraction of sp³-hybridized carbons (Fsp3) is 0.385. The van der Waals surface area contributed by atoms with Gasteiger partial charge in [-0.1, -0.05) is 13.8 Å². The molecule has 5 nitrogen and oxygen atoms in total. The van der Waals surface area contributed by atoms with Crippen molar-refractivity contribution < 1.29 is 14.3 Å². The van der Waals surface area contributed by atoms with Crippen LogP contribution in [0.4, 0.5) is 5.69 Å². The number of amides is 1. The highest BCUT2D eigenvalue weighted by molar-refractivity contribution is 5.95. The molecule has 0 aliphatic heterocycles. The number of carbonyl (C=O) groups excluding carboxylic acids is 2. The third-order valence-corrected chi connectivity index (χ3v) is 2.59. The van der Waals surface area contributed by atoms with E-state index >= 15 is 0 Å². The molecule has 98 valence electrons. The normalized spacial score (nSPS) is 12.1. The lowest BCUT2D eigenvalue weighted by molar-refractivity contribution is -0.118. The smallest absolute Gasteiger partial charge is 0.337 e. The van der Waals surface area contributed by atoms with Gasteiger partial charge in [0, 0.05) is 5.69 Å². The van der Waals surface area contributed by atoms with Gasteiger partial charge in [-0.15, -0.1) is 0 Å². The fourth-order valence-electron chi connectivity index (χ4n) is 1.34. The third kappa shape index (κ3) is 3.56. The van der Waals surface area contributed by atoms with Crippen molar-refractivity contribution in [2.24, 2.45) is 11.7 Å². The van der Waals surface area contributed by atoms with Gasteiger partial charge in [-0.25, -0.2) is 4.79 Å². The van der Waals surface area contributed by atoms with E-state index in [0.717, 1.165) is 0 Å². The maximum atomic E-state index is 11.7. The molecule has 0 aromatic heterocycles. The van der Waals surface area contributed by atoms with E-state index in [1.807, 2.05) is 13.8 Å². The van der Waals surface area contributed by atoms with Gasteiger partial charge in [-0.3, -0.25) is 4.79 Å². The maximum Gasteiger partial charge on any atom is 0.337 e. The fourth-order valence-corrected chi connectivity index (χ4v) is 1.34. The summed E-state index contributed by atoms with van der Waals surface area (Å²) < 4.78 is 4.58. The van der Waals surface area contributed by atoms with Gasteiger partial charge in [-0.05, 0) is 30.2 Å². The number of nitrogens with two attached hydrogens (primary N) is 1. The molecule has 0 heterocycles. The number of nitrogens with one attached hydrogen (secondary N) is 1. The molecule has 1 atom stereocenters. The van der Waals surface area contributed by atoms with Crippen LogP contribution in [0.3, 0.4) is 0 Å². The molecule has 0 radical (unpaired) electrons. The first kappa shape index (κ1) is 14.2. The van der Waals surface area contributed by atoms with Crippen molar-refractivity contribution in [2.75, 3.05) is 12.4 Å². The van der Waals surface area contributed by atoms with Crippen LogP contribution in [0.1, 0.15) is 24.2 Å². The van der Waals surface area contributed by atoms with Gasteiger partial charge in [0.15, 0.2) is 0 Å². The first-order valence-electron chi connectivity index (χ1n) is 5.70. The SMILES string of the molecule is COC(=O)c1ccc(NC(=O)[C@H](N)C(C)C)cc1. The molecule has 0 aliphatic rings. The average molecular weight is 250 g/mol. The standard InChI is InChI=1S/C13H18N2O3/c1-8(2)11(14)12(16)15-10-6-4-9(5-7-10)13(17)18-3/h4-8,11H,14H2,1-3H3,(H,15,16)/t11-/m1/s1. The van der Waals surface area contributed by atoms with Crippen molar-refractivity contribution in [3.05, 3.63) is 29.8 Å². The Morgan fingerprint density at radius 2 is 1.78 bits per heavy atom. The molecule has 1 aromatic rings. The molecule has 0 spiro atoms. The molecular formula is C13H18N2O3. The number of carbonyl (C=O) groups is 2. The van der Waals surface area contributed by atoms with E-state index < -0.39 is 12.0 Å². The Morgan fingerprint density at radius 3 is 2.22 bits per heavy atom. The molecule has 0 unspecified atom stereocenters. The van der Waals surface area contributed by atoms with Crippen molar-refractivity contribution in [3.8, 4) is 0 Å². The van der Waals surface area contributed by atoms with Crippen LogP contribution in [0, 0.1) is 5.92 Å². The lowest BCUT2D eigenvalue weighted by Crippen LogP contribution is -2.39. The zero-order valence-corrected chi connectivity index (χ0v) is 10.8. The van der Waals surface area contributed by atoms with Gasteiger partial charge in [0.1, 0.15) is 0 Å².